The highest BCUT2D eigenvalue weighted by atomic mass is 35.5. The van der Waals surface area contributed by atoms with E-state index < -0.39 is 6.03 Å². The van der Waals surface area contributed by atoms with Crippen LogP contribution in [0, 0.1) is 0 Å². The molecule has 0 spiro atoms. The van der Waals surface area contributed by atoms with Crippen LogP contribution in [-0.4, -0.2) is 61.2 Å². The number of rotatable bonds is 6. The molecule has 10 heteroatoms. The van der Waals surface area contributed by atoms with E-state index in [0.29, 0.717) is 28.1 Å². The Hall–Kier alpha value is -3.56. The number of aromatic nitrogens is 2. The normalized spacial score (nSPS) is 14.0. The van der Waals surface area contributed by atoms with E-state index in [4.69, 9.17) is 16.3 Å². The number of urea groups is 1. The van der Waals surface area contributed by atoms with Gasteiger partial charge in [0.2, 0.25) is 0 Å². The maximum Gasteiger partial charge on any atom is 0.324 e. The van der Waals surface area contributed by atoms with Crippen LogP contribution in [-0.2, 0) is 0 Å². The monoisotopic (exact) mass is 467 g/mol. The summed E-state index contributed by atoms with van der Waals surface area (Å²) >= 11 is 6.15. The minimum Gasteiger partial charge on any atom is -0.497 e. The Morgan fingerprint density at radius 3 is 2.58 bits per heavy atom. The summed E-state index contributed by atoms with van der Waals surface area (Å²) in [5.41, 5.74) is 2.50. The minimum absolute atomic E-state index is 0.347. The molecule has 1 saturated heterocycles. The molecule has 2 aromatic carbocycles. The van der Waals surface area contributed by atoms with Gasteiger partial charge in [-0.05, 0) is 37.4 Å². The van der Waals surface area contributed by atoms with Gasteiger partial charge in [0.25, 0.3) is 0 Å². The van der Waals surface area contributed by atoms with Gasteiger partial charge in [-0.3, -0.25) is 5.32 Å². The highest BCUT2D eigenvalue weighted by molar-refractivity contribution is 6.33. The molecule has 33 heavy (non-hydrogen) atoms. The first kappa shape index (κ1) is 22.6. The Bertz CT molecular complexity index is 1120. The number of likely N-dealkylation sites (N-methyl/N-ethyl adjacent to an activating group) is 1. The molecule has 1 aromatic heterocycles. The van der Waals surface area contributed by atoms with Crippen LogP contribution in [0.15, 0.2) is 54.9 Å². The van der Waals surface area contributed by atoms with Crippen molar-refractivity contribution in [3.05, 3.63) is 59.9 Å². The van der Waals surface area contributed by atoms with Gasteiger partial charge in [0.1, 0.15) is 23.7 Å². The Balaban J connectivity index is 1.40. The summed E-state index contributed by atoms with van der Waals surface area (Å²) in [6.45, 7) is 4.07. The number of ether oxygens (including phenoxy) is 1. The van der Waals surface area contributed by atoms with Crippen molar-refractivity contribution in [3.8, 4) is 5.75 Å². The summed E-state index contributed by atoms with van der Waals surface area (Å²) in [6.07, 6.45) is 1.39. The topological polar surface area (TPSA) is 94.6 Å². The number of nitrogens with zero attached hydrogens (tertiary/aromatic N) is 4. The van der Waals surface area contributed by atoms with Gasteiger partial charge in [-0.1, -0.05) is 17.7 Å². The van der Waals surface area contributed by atoms with Gasteiger partial charge in [0, 0.05) is 49.7 Å². The molecule has 1 aliphatic heterocycles. The molecule has 3 aromatic rings. The molecule has 4 rings (SSSR count). The fourth-order valence-corrected chi connectivity index (χ4v) is 3.65. The molecule has 0 radical (unpaired) electrons. The second-order valence-corrected chi connectivity index (χ2v) is 8.09. The van der Waals surface area contributed by atoms with E-state index in [9.17, 15) is 4.79 Å². The van der Waals surface area contributed by atoms with Crippen molar-refractivity contribution >= 4 is 46.3 Å². The van der Waals surface area contributed by atoms with E-state index in [2.05, 4.69) is 54.9 Å². The van der Waals surface area contributed by atoms with Crippen molar-refractivity contribution in [2.24, 2.45) is 0 Å². The summed E-state index contributed by atoms with van der Waals surface area (Å²) < 4.78 is 5.17. The standard InChI is InChI=1S/C23H26ClN7O2/c1-30-8-10-31(11-9-30)17-5-3-4-16(12-17)27-21-14-22(26-15-25-21)29-23(32)28-20-13-18(33-2)6-7-19(20)24/h3-7,12-15H,8-11H2,1-2H3,(H3,25,26,27,28,29,32). The van der Waals surface area contributed by atoms with Crippen molar-refractivity contribution in [1.82, 2.24) is 14.9 Å². The van der Waals surface area contributed by atoms with Gasteiger partial charge < -0.3 is 25.2 Å². The van der Waals surface area contributed by atoms with Crippen LogP contribution in [0.25, 0.3) is 0 Å². The van der Waals surface area contributed by atoms with E-state index in [1.807, 2.05) is 12.1 Å². The first-order chi connectivity index (χ1) is 16.0. The zero-order valence-corrected chi connectivity index (χ0v) is 19.3. The SMILES string of the molecule is COc1ccc(Cl)c(NC(=O)Nc2cc(Nc3cccc(N4CCN(C)CC4)c3)ncn2)c1. The third kappa shape index (κ3) is 6.03. The third-order valence-electron chi connectivity index (χ3n) is 5.32. The fraction of sp³-hybridized carbons (Fsp3) is 0.261. The van der Waals surface area contributed by atoms with Gasteiger partial charge in [-0.25, -0.2) is 14.8 Å². The average molecular weight is 468 g/mol. The lowest BCUT2D eigenvalue weighted by molar-refractivity contribution is 0.262. The number of carbonyl (C=O) groups excluding carboxylic acids is 1. The molecule has 0 saturated carbocycles. The lowest BCUT2D eigenvalue weighted by atomic mass is 10.2. The van der Waals surface area contributed by atoms with Crippen LogP contribution < -0.4 is 25.6 Å². The van der Waals surface area contributed by atoms with Crippen molar-refractivity contribution in [2.45, 2.75) is 0 Å². The predicted molar refractivity (Wildman–Crippen MR) is 132 cm³/mol. The molecule has 1 aliphatic rings. The summed E-state index contributed by atoms with van der Waals surface area (Å²) in [6, 6.07) is 14.4. The largest absolute Gasteiger partial charge is 0.497 e. The second-order valence-electron chi connectivity index (χ2n) is 7.68. The van der Waals surface area contributed by atoms with Crippen LogP contribution in [0.5, 0.6) is 5.75 Å². The second kappa shape index (κ2) is 10.4. The minimum atomic E-state index is -0.480. The van der Waals surface area contributed by atoms with Crippen molar-refractivity contribution in [3.63, 3.8) is 0 Å². The summed E-state index contributed by atoms with van der Waals surface area (Å²) in [5, 5.41) is 9.07. The lowest BCUT2D eigenvalue weighted by Crippen LogP contribution is -2.44. The molecule has 0 atom stereocenters. The number of amides is 2. The zero-order chi connectivity index (χ0) is 23.2. The van der Waals surface area contributed by atoms with E-state index >= 15 is 0 Å². The molecule has 0 unspecified atom stereocenters. The van der Waals surface area contributed by atoms with Gasteiger partial charge in [0.15, 0.2) is 0 Å². The number of piperazine rings is 1. The van der Waals surface area contributed by atoms with Crippen LogP contribution >= 0.6 is 11.6 Å². The van der Waals surface area contributed by atoms with Gasteiger partial charge in [-0.15, -0.1) is 0 Å². The molecular formula is C23H26ClN7O2. The third-order valence-corrected chi connectivity index (χ3v) is 5.65. The molecule has 2 heterocycles. The van der Waals surface area contributed by atoms with Gasteiger partial charge >= 0.3 is 6.03 Å². The highest BCUT2D eigenvalue weighted by Gasteiger charge is 2.14. The van der Waals surface area contributed by atoms with E-state index in [0.717, 1.165) is 37.6 Å². The molecule has 1 fully saturated rings. The maximum absolute atomic E-state index is 12.4. The van der Waals surface area contributed by atoms with Crippen LogP contribution in [0.2, 0.25) is 5.02 Å². The maximum atomic E-state index is 12.4. The molecule has 0 bridgehead atoms. The van der Waals surface area contributed by atoms with Crippen LogP contribution in [0.3, 0.4) is 0 Å². The molecular weight excluding hydrogens is 442 g/mol. The van der Waals surface area contributed by atoms with Crippen LogP contribution in [0.4, 0.5) is 33.5 Å². The first-order valence-corrected chi connectivity index (χ1v) is 10.9. The number of benzene rings is 2. The molecule has 2 amide bonds. The fourth-order valence-electron chi connectivity index (χ4n) is 3.48. The summed E-state index contributed by atoms with van der Waals surface area (Å²) in [7, 11) is 3.69. The van der Waals surface area contributed by atoms with Crippen molar-refractivity contribution < 1.29 is 9.53 Å². The smallest absolute Gasteiger partial charge is 0.324 e. The zero-order valence-electron chi connectivity index (χ0n) is 18.5. The number of hydrogen-bond acceptors (Lipinski definition) is 7. The van der Waals surface area contributed by atoms with Gasteiger partial charge in [-0.2, -0.15) is 0 Å². The summed E-state index contributed by atoms with van der Waals surface area (Å²) in [4.78, 5) is 25.5. The van der Waals surface area contributed by atoms with Gasteiger partial charge in [0.05, 0.1) is 17.8 Å². The lowest BCUT2D eigenvalue weighted by Gasteiger charge is -2.34. The Labute approximate surface area is 197 Å². The Morgan fingerprint density at radius 1 is 1.00 bits per heavy atom. The molecule has 3 N–H and O–H groups in total. The van der Waals surface area contributed by atoms with E-state index in [-0.39, 0.29) is 0 Å². The highest BCUT2D eigenvalue weighted by Crippen LogP contribution is 2.27. The first-order valence-electron chi connectivity index (χ1n) is 10.5. The number of nitrogens with one attached hydrogen (secondary N) is 3. The molecule has 0 aliphatic carbocycles. The summed E-state index contributed by atoms with van der Waals surface area (Å²) in [5.74, 6) is 1.50. The number of carbonyl (C=O) groups is 1. The number of halogens is 1. The van der Waals surface area contributed by atoms with Crippen molar-refractivity contribution in [2.75, 3.05) is 61.2 Å². The molecule has 172 valence electrons. The van der Waals surface area contributed by atoms with Crippen LogP contribution in [0.1, 0.15) is 0 Å². The number of hydrogen-bond donors (Lipinski definition) is 3. The van der Waals surface area contributed by atoms with Crippen molar-refractivity contribution in [1.29, 1.82) is 0 Å². The van der Waals surface area contributed by atoms with E-state index in [1.54, 1.807) is 31.4 Å². The average Bonchev–Trinajstić information content (AvgIpc) is 2.81. The van der Waals surface area contributed by atoms with E-state index in [1.165, 1.54) is 6.33 Å². The Kier molecular flexibility index (Phi) is 7.11. The number of methoxy groups -OCH3 is 1. The predicted octanol–water partition coefficient (Wildman–Crippen LogP) is 4.28. The number of anilines is 5. The molecule has 9 nitrogen and oxygen atoms in total. The quantitative estimate of drug-likeness (QED) is 0.498. The Morgan fingerprint density at radius 2 is 1.79 bits per heavy atom.